The molecule has 82 valence electrons. The zero-order chi connectivity index (χ0) is 11.3. The second-order valence-corrected chi connectivity index (χ2v) is 2.95. The highest BCUT2D eigenvalue weighted by atomic mass is 19.1. The molecule has 3 N–H and O–H groups in total. The summed E-state index contributed by atoms with van der Waals surface area (Å²) in [4.78, 5) is 11.2. The van der Waals surface area contributed by atoms with Gasteiger partial charge in [-0.3, -0.25) is 10.2 Å². The second kappa shape index (κ2) is 5.31. The van der Waals surface area contributed by atoms with Crippen LogP contribution >= 0.6 is 0 Å². The molecule has 1 atom stereocenters. The van der Waals surface area contributed by atoms with Crippen LogP contribution in [-0.4, -0.2) is 12.0 Å². The third kappa shape index (κ3) is 2.92. The number of hydrogen-bond acceptors (Lipinski definition) is 3. The van der Waals surface area contributed by atoms with Crippen molar-refractivity contribution in [3.63, 3.8) is 0 Å². The number of nitrogens with one attached hydrogen (secondary N) is 1. The number of hydrazine groups is 1. The van der Waals surface area contributed by atoms with Crippen LogP contribution in [0.1, 0.15) is 13.3 Å². The molecule has 5 heteroatoms. The monoisotopic (exact) mass is 212 g/mol. The van der Waals surface area contributed by atoms with E-state index in [0.29, 0.717) is 6.42 Å². The molecule has 0 fully saturated rings. The smallest absolute Gasteiger partial charge is 0.274 e. The minimum absolute atomic E-state index is 0.0490. The van der Waals surface area contributed by atoms with Crippen molar-refractivity contribution in [1.29, 1.82) is 0 Å². The number of rotatable bonds is 4. The first-order valence-corrected chi connectivity index (χ1v) is 4.60. The first-order chi connectivity index (χ1) is 7.19. The van der Waals surface area contributed by atoms with E-state index in [1.165, 1.54) is 12.1 Å². The van der Waals surface area contributed by atoms with E-state index in [1.54, 1.807) is 19.1 Å². The average molecular weight is 212 g/mol. The van der Waals surface area contributed by atoms with Crippen LogP contribution in [0.3, 0.4) is 0 Å². The fourth-order valence-electron chi connectivity index (χ4n) is 1.11. The van der Waals surface area contributed by atoms with Crippen LogP contribution in [0.2, 0.25) is 0 Å². The number of para-hydroxylation sites is 1. The summed E-state index contributed by atoms with van der Waals surface area (Å²) in [6, 6.07) is 5.90. The number of carbonyl (C=O) groups excluding carboxylic acids is 1. The molecule has 0 spiro atoms. The zero-order valence-corrected chi connectivity index (χ0v) is 8.37. The van der Waals surface area contributed by atoms with Crippen molar-refractivity contribution in [2.75, 3.05) is 0 Å². The van der Waals surface area contributed by atoms with Gasteiger partial charge in [-0.25, -0.2) is 10.2 Å². The molecule has 0 bridgehead atoms. The maximum absolute atomic E-state index is 13.2. The number of nitrogens with two attached hydrogens (primary N) is 1. The molecule has 0 aliphatic rings. The third-order valence-corrected chi connectivity index (χ3v) is 1.91. The molecule has 1 unspecified atom stereocenters. The van der Waals surface area contributed by atoms with Crippen LogP contribution in [0.4, 0.5) is 4.39 Å². The molecule has 0 aliphatic carbocycles. The van der Waals surface area contributed by atoms with Crippen molar-refractivity contribution in [3.05, 3.63) is 30.1 Å². The van der Waals surface area contributed by atoms with E-state index in [2.05, 4.69) is 0 Å². The van der Waals surface area contributed by atoms with Crippen molar-refractivity contribution in [1.82, 2.24) is 5.43 Å². The van der Waals surface area contributed by atoms with Crippen LogP contribution in [0.15, 0.2) is 24.3 Å². The Hall–Kier alpha value is -1.62. The predicted octanol–water partition coefficient (Wildman–Crippen LogP) is 0.973. The van der Waals surface area contributed by atoms with E-state index in [0.717, 1.165) is 0 Å². The molecule has 0 saturated heterocycles. The molecule has 0 saturated carbocycles. The summed E-state index contributed by atoms with van der Waals surface area (Å²) in [6.45, 7) is 1.75. The average Bonchev–Trinajstić information content (AvgIpc) is 2.27. The van der Waals surface area contributed by atoms with E-state index in [9.17, 15) is 9.18 Å². The van der Waals surface area contributed by atoms with Gasteiger partial charge in [0.05, 0.1) is 0 Å². The summed E-state index contributed by atoms with van der Waals surface area (Å²) < 4.78 is 18.3. The van der Waals surface area contributed by atoms with Crippen LogP contribution in [0, 0.1) is 5.82 Å². The maximum atomic E-state index is 13.2. The van der Waals surface area contributed by atoms with E-state index >= 15 is 0 Å². The highest BCUT2D eigenvalue weighted by molar-refractivity contribution is 5.80. The molecule has 0 heterocycles. The molecular weight excluding hydrogens is 199 g/mol. The van der Waals surface area contributed by atoms with Crippen molar-refractivity contribution in [2.24, 2.45) is 5.84 Å². The number of ether oxygens (including phenoxy) is 1. The van der Waals surface area contributed by atoms with Gasteiger partial charge < -0.3 is 4.74 Å². The van der Waals surface area contributed by atoms with Gasteiger partial charge >= 0.3 is 0 Å². The number of amides is 1. The lowest BCUT2D eigenvalue weighted by atomic mass is 10.2. The first kappa shape index (κ1) is 11.5. The van der Waals surface area contributed by atoms with Gasteiger partial charge in [-0.2, -0.15) is 0 Å². The zero-order valence-electron chi connectivity index (χ0n) is 8.37. The molecule has 1 aromatic carbocycles. The van der Waals surface area contributed by atoms with Gasteiger partial charge in [0.25, 0.3) is 5.91 Å². The molecule has 1 aromatic rings. The minimum atomic E-state index is -0.771. The summed E-state index contributed by atoms with van der Waals surface area (Å²) >= 11 is 0. The van der Waals surface area contributed by atoms with Gasteiger partial charge in [-0.15, -0.1) is 0 Å². The van der Waals surface area contributed by atoms with E-state index in [-0.39, 0.29) is 5.75 Å². The first-order valence-electron chi connectivity index (χ1n) is 4.60. The molecule has 0 aromatic heterocycles. The Morgan fingerprint density at radius 1 is 1.60 bits per heavy atom. The van der Waals surface area contributed by atoms with Crippen LogP contribution in [-0.2, 0) is 4.79 Å². The Bertz CT molecular complexity index is 344. The normalized spacial score (nSPS) is 11.9. The minimum Gasteiger partial charge on any atom is -0.477 e. The van der Waals surface area contributed by atoms with Gasteiger partial charge in [-0.05, 0) is 18.6 Å². The lowest BCUT2D eigenvalue weighted by molar-refractivity contribution is -0.128. The van der Waals surface area contributed by atoms with Gasteiger partial charge in [-0.1, -0.05) is 19.1 Å². The third-order valence-electron chi connectivity index (χ3n) is 1.91. The van der Waals surface area contributed by atoms with E-state index < -0.39 is 17.8 Å². The van der Waals surface area contributed by atoms with Crippen molar-refractivity contribution >= 4 is 5.91 Å². The lowest BCUT2D eigenvalue weighted by Gasteiger charge is -2.15. The summed E-state index contributed by atoms with van der Waals surface area (Å²) in [7, 11) is 0. The molecule has 1 rings (SSSR count). The van der Waals surface area contributed by atoms with Gasteiger partial charge in [0.15, 0.2) is 17.7 Å². The maximum Gasteiger partial charge on any atom is 0.274 e. The summed E-state index contributed by atoms with van der Waals surface area (Å²) in [6.07, 6.45) is -0.357. The Morgan fingerprint density at radius 3 is 2.80 bits per heavy atom. The Labute approximate surface area is 87.2 Å². The van der Waals surface area contributed by atoms with E-state index in [4.69, 9.17) is 10.6 Å². The van der Waals surface area contributed by atoms with Crippen LogP contribution in [0.25, 0.3) is 0 Å². The number of carbonyl (C=O) groups is 1. The highest BCUT2D eigenvalue weighted by Gasteiger charge is 2.18. The molecule has 15 heavy (non-hydrogen) atoms. The van der Waals surface area contributed by atoms with Crippen LogP contribution in [0.5, 0.6) is 5.75 Å². The Morgan fingerprint density at radius 2 is 2.27 bits per heavy atom. The standard InChI is InChI=1S/C10H13FN2O2/c1-2-8(10(14)13-12)15-9-6-4-3-5-7(9)11/h3-6,8H,2,12H2,1H3,(H,13,14). The lowest BCUT2D eigenvalue weighted by Crippen LogP contribution is -2.41. The largest absolute Gasteiger partial charge is 0.477 e. The van der Waals surface area contributed by atoms with Crippen molar-refractivity contribution in [2.45, 2.75) is 19.4 Å². The molecule has 0 aliphatic heterocycles. The second-order valence-electron chi connectivity index (χ2n) is 2.95. The number of hydrogen-bond donors (Lipinski definition) is 2. The molecule has 0 radical (unpaired) electrons. The molecule has 4 nitrogen and oxygen atoms in total. The summed E-state index contributed by atoms with van der Waals surface area (Å²) in [5, 5.41) is 0. The number of halogens is 1. The van der Waals surface area contributed by atoms with Gasteiger partial charge in [0.1, 0.15) is 0 Å². The molecule has 1 amide bonds. The Balaban J connectivity index is 2.75. The summed E-state index contributed by atoms with van der Waals surface area (Å²) in [5.74, 6) is 4.05. The summed E-state index contributed by atoms with van der Waals surface area (Å²) in [5.41, 5.74) is 1.97. The van der Waals surface area contributed by atoms with Crippen LogP contribution < -0.4 is 16.0 Å². The predicted molar refractivity (Wildman–Crippen MR) is 53.4 cm³/mol. The highest BCUT2D eigenvalue weighted by Crippen LogP contribution is 2.17. The Kier molecular flexibility index (Phi) is 4.05. The quantitative estimate of drug-likeness (QED) is 0.444. The fraction of sp³-hybridized carbons (Fsp3) is 0.300. The topological polar surface area (TPSA) is 64.3 Å². The molecular formula is C10H13FN2O2. The van der Waals surface area contributed by atoms with Crippen molar-refractivity contribution < 1.29 is 13.9 Å². The SMILES string of the molecule is CCC(Oc1ccccc1F)C(=O)NN. The van der Waals surface area contributed by atoms with Crippen molar-refractivity contribution in [3.8, 4) is 5.75 Å². The van der Waals surface area contributed by atoms with E-state index in [1.807, 2.05) is 5.43 Å². The van der Waals surface area contributed by atoms with Gasteiger partial charge in [0.2, 0.25) is 0 Å². The number of benzene rings is 1. The fourth-order valence-corrected chi connectivity index (χ4v) is 1.11. The van der Waals surface area contributed by atoms with Gasteiger partial charge in [0, 0.05) is 0 Å².